The Kier molecular flexibility index (Phi) is 3.99. The van der Waals surface area contributed by atoms with Crippen LogP contribution in [0.25, 0.3) is 0 Å². The average molecular weight is 263 g/mol. The molecule has 0 atom stereocenters. The van der Waals surface area contributed by atoms with Gasteiger partial charge in [0.2, 0.25) is 0 Å². The van der Waals surface area contributed by atoms with Gasteiger partial charge in [-0.2, -0.15) is 0 Å². The highest BCUT2D eigenvalue weighted by molar-refractivity contribution is 6.32. The fourth-order valence-electron chi connectivity index (χ4n) is 1.76. The van der Waals surface area contributed by atoms with Crippen molar-refractivity contribution in [3.8, 4) is 0 Å². The van der Waals surface area contributed by atoms with Crippen LogP contribution in [0.3, 0.4) is 0 Å². The Labute approximate surface area is 111 Å². The molecule has 0 spiro atoms. The number of nitrogen functional groups attached to an aromatic ring is 1. The van der Waals surface area contributed by atoms with Crippen LogP contribution in [-0.4, -0.2) is 16.5 Å². The first-order chi connectivity index (χ1) is 8.72. The fraction of sp³-hybridized carbons (Fsp3) is 0.231. The standard InChI is InChI=1S/C13H15ClN4/c1-2-18(8-10-6-4-3-5-7-10)13-11(15)12(14)16-9-17-13/h3-7,9H,2,8,15H2,1H3. The van der Waals surface area contributed by atoms with Crippen molar-refractivity contribution in [1.29, 1.82) is 0 Å². The number of hydrogen-bond acceptors (Lipinski definition) is 4. The normalized spacial score (nSPS) is 10.3. The van der Waals surface area contributed by atoms with Crippen LogP contribution in [-0.2, 0) is 6.54 Å². The van der Waals surface area contributed by atoms with Crippen molar-refractivity contribution in [1.82, 2.24) is 9.97 Å². The van der Waals surface area contributed by atoms with E-state index in [1.807, 2.05) is 18.2 Å². The van der Waals surface area contributed by atoms with Gasteiger partial charge in [-0.3, -0.25) is 0 Å². The Balaban J connectivity index is 2.26. The minimum absolute atomic E-state index is 0.298. The van der Waals surface area contributed by atoms with Crippen LogP contribution >= 0.6 is 11.6 Å². The van der Waals surface area contributed by atoms with Crippen molar-refractivity contribution < 1.29 is 0 Å². The summed E-state index contributed by atoms with van der Waals surface area (Å²) >= 11 is 5.92. The first kappa shape index (κ1) is 12.6. The first-order valence-corrected chi connectivity index (χ1v) is 6.15. The van der Waals surface area contributed by atoms with Crippen LogP contribution in [0, 0.1) is 0 Å². The maximum absolute atomic E-state index is 5.92. The molecule has 2 rings (SSSR count). The molecule has 4 nitrogen and oxygen atoms in total. The molecule has 5 heteroatoms. The Morgan fingerprint density at radius 1 is 1.22 bits per heavy atom. The number of nitrogens with two attached hydrogens (primary N) is 1. The molecule has 2 N–H and O–H groups in total. The van der Waals surface area contributed by atoms with Gasteiger partial charge in [0.05, 0.1) is 0 Å². The second-order valence-electron chi connectivity index (χ2n) is 3.90. The second-order valence-corrected chi connectivity index (χ2v) is 4.26. The predicted molar refractivity (Wildman–Crippen MR) is 74.6 cm³/mol. The smallest absolute Gasteiger partial charge is 0.157 e. The van der Waals surface area contributed by atoms with E-state index in [2.05, 4.69) is 33.9 Å². The number of halogens is 1. The number of nitrogens with zero attached hydrogens (tertiary/aromatic N) is 3. The lowest BCUT2D eigenvalue weighted by Gasteiger charge is -2.23. The van der Waals surface area contributed by atoms with Gasteiger partial charge in [0, 0.05) is 13.1 Å². The molecule has 0 aliphatic rings. The predicted octanol–water partition coefficient (Wildman–Crippen LogP) is 2.74. The molecule has 1 aromatic heterocycles. The molecule has 1 heterocycles. The molecule has 0 unspecified atom stereocenters. The van der Waals surface area contributed by atoms with Gasteiger partial charge < -0.3 is 10.6 Å². The Morgan fingerprint density at radius 2 is 1.94 bits per heavy atom. The molecule has 0 bridgehead atoms. The van der Waals surface area contributed by atoms with E-state index >= 15 is 0 Å². The van der Waals surface area contributed by atoms with Crippen molar-refractivity contribution in [2.45, 2.75) is 13.5 Å². The minimum atomic E-state index is 0.298. The van der Waals surface area contributed by atoms with Gasteiger partial charge in [-0.05, 0) is 12.5 Å². The molecular formula is C13H15ClN4. The van der Waals surface area contributed by atoms with Crippen molar-refractivity contribution in [2.24, 2.45) is 0 Å². The van der Waals surface area contributed by atoms with Crippen molar-refractivity contribution in [2.75, 3.05) is 17.2 Å². The molecule has 0 fully saturated rings. The molecule has 0 aliphatic carbocycles. The lowest BCUT2D eigenvalue weighted by atomic mass is 10.2. The van der Waals surface area contributed by atoms with Crippen LogP contribution in [0.1, 0.15) is 12.5 Å². The van der Waals surface area contributed by atoms with Gasteiger partial charge in [0.15, 0.2) is 11.0 Å². The maximum atomic E-state index is 5.92. The van der Waals surface area contributed by atoms with Crippen LogP contribution < -0.4 is 10.6 Å². The summed E-state index contributed by atoms with van der Waals surface area (Å²) in [6.45, 7) is 3.60. The zero-order valence-electron chi connectivity index (χ0n) is 10.2. The highest BCUT2D eigenvalue weighted by Gasteiger charge is 2.13. The quantitative estimate of drug-likeness (QED) is 0.861. The van der Waals surface area contributed by atoms with Crippen molar-refractivity contribution >= 4 is 23.1 Å². The summed E-state index contributed by atoms with van der Waals surface area (Å²) in [7, 11) is 0. The van der Waals surface area contributed by atoms with E-state index < -0.39 is 0 Å². The minimum Gasteiger partial charge on any atom is -0.393 e. The van der Waals surface area contributed by atoms with Gasteiger partial charge in [-0.15, -0.1) is 0 Å². The molecule has 94 valence electrons. The van der Waals surface area contributed by atoms with E-state index in [1.165, 1.54) is 11.9 Å². The number of rotatable bonds is 4. The number of benzene rings is 1. The number of hydrogen-bond donors (Lipinski definition) is 1. The number of aromatic nitrogens is 2. The second kappa shape index (κ2) is 5.69. The summed E-state index contributed by atoms with van der Waals surface area (Å²) in [5.74, 6) is 0.682. The third kappa shape index (κ3) is 2.71. The molecule has 2 aromatic rings. The van der Waals surface area contributed by atoms with Crippen LogP contribution in [0.4, 0.5) is 11.5 Å². The lowest BCUT2D eigenvalue weighted by Crippen LogP contribution is -2.24. The van der Waals surface area contributed by atoms with Gasteiger partial charge in [0.1, 0.15) is 12.0 Å². The lowest BCUT2D eigenvalue weighted by molar-refractivity contribution is 0.812. The molecule has 0 radical (unpaired) electrons. The van der Waals surface area contributed by atoms with E-state index in [0.717, 1.165) is 13.1 Å². The van der Waals surface area contributed by atoms with Crippen LogP contribution in [0.2, 0.25) is 5.15 Å². The summed E-state index contributed by atoms with van der Waals surface area (Å²) in [4.78, 5) is 10.1. The van der Waals surface area contributed by atoms with E-state index in [-0.39, 0.29) is 0 Å². The van der Waals surface area contributed by atoms with E-state index in [4.69, 9.17) is 17.3 Å². The molecule has 0 saturated heterocycles. The number of anilines is 2. The molecular weight excluding hydrogens is 248 g/mol. The topological polar surface area (TPSA) is 55.0 Å². The largest absolute Gasteiger partial charge is 0.393 e. The zero-order chi connectivity index (χ0) is 13.0. The van der Waals surface area contributed by atoms with Gasteiger partial charge in [0.25, 0.3) is 0 Å². The van der Waals surface area contributed by atoms with E-state index in [1.54, 1.807) is 0 Å². The first-order valence-electron chi connectivity index (χ1n) is 5.77. The van der Waals surface area contributed by atoms with Crippen LogP contribution in [0.5, 0.6) is 0 Å². The third-order valence-corrected chi connectivity index (χ3v) is 3.01. The third-order valence-electron chi connectivity index (χ3n) is 2.71. The average Bonchev–Trinajstić information content (AvgIpc) is 2.41. The summed E-state index contributed by atoms with van der Waals surface area (Å²) < 4.78 is 0. The molecule has 0 saturated carbocycles. The molecule has 1 aromatic carbocycles. The van der Waals surface area contributed by atoms with Crippen molar-refractivity contribution in [3.63, 3.8) is 0 Å². The van der Waals surface area contributed by atoms with Crippen molar-refractivity contribution in [3.05, 3.63) is 47.4 Å². The molecule has 0 aliphatic heterocycles. The molecule has 18 heavy (non-hydrogen) atoms. The van der Waals surface area contributed by atoms with E-state index in [9.17, 15) is 0 Å². The summed E-state index contributed by atoms with van der Waals surface area (Å²) in [6.07, 6.45) is 1.43. The monoisotopic (exact) mass is 262 g/mol. The Bertz CT molecular complexity index is 516. The molecule has 0 amide bonds. The van der Waals surface area contributed by atoms with Crippen LogP contribution in [0.15, 0.2) is 36.7 Å². The van der Waals surface area contributed by atoms with Gasteiger partial charge in [-0.25, -0.2) is 9.97 Å². The van der Waals surface area contributed by atoms with Gasteiger partial charge in [-0.1, -0.05) is 41.9 Å². The Hall–Kier alpha value is -1.81. The van der Waals surface area contributed by atoms with E-state index in [0.29, 0.717) is 16.7 Å². The highest BCUT2D eigenvalue weighted by Crippen LogP contribution is 2.26. The summed E-state index contributed by atoms with van der Waals surface area (Å²) in [5, 5.41) is 0.298. The van der Waals surface area contributed by atoms with Gasteiger partial charge >= 0.3 is 0 Å². The fourth-order valence-corrected chi connectivity index (χ4v) is 1.89. The Morgan fingerprint density at radius 3 is 2.61 bits per heavy atom. The summed E-state index contributed by atoms with van der Waals surface area (Å²) in [5.41, 5.74) is 7.54. The summed E-state index contributed by atoms with van der Waals surface area (Å²) in [6, 6.07) is 10.2. The highest BCUT2D eigenvalue weighted by atomic mass is 35.5. The zero-order valence-corrected chi connectivity index (χ0v) is 10.9. The maximum Gasteiger partial charge on any atom is 0.157 e. The SMILES string of the molecule is CCN(Cc1ccccc1)c1ncnc(Cl)c1N.